The molecule has 0 fully saturated rings. The van der Waals surface area contributed by atoms with Gasteiger partial charge in [0.1, 0.15) is 10.9 Å². The maximum absolute atomic E-state index is 12.8. The number of benzene rings is 3. The van der Waals surface area contributed by atoms with E-state index in [0.717, 1.165) is 49.8 Å². The van der Waals surface area contributed by atoms with E-state index in [-0.39, 0.29) is 0 Å². The quantitative estimate of drug-likeness (QED) is 0.116. The molecule has 5 aromatic rings. The number of rotatable bonds is 10. The van der Waals surface area contributed by atoms with Crippen molar-refractivity contribution >= 4 is 46.8 Å². The largest absolute Gasteiger partial charge is 0.543 e. The fourth-order valence-electron chi connectivity index (χ4n) is 7.18. The van der Waals surface area contributed by atoms with Gasteiger partial charge in [0.25, 0.3) is 8.32 Å². The molecular weight excluding hydrogens is 662 g/mol. The van der Waals surface area contributed by atoms with Crippen molar-refractivity contribution in [1.82, 2.24) is 14.5 Å². The minimum atomic E-state index is -2.16. The third-order valence-corrected chi connectivity index (χ3v) is 16.3. The number of fused-ring (bicyclic) bond motifs is 1. The smallest absolute Gasteiger partial charge is 0.258 e. The van der Waals surface area contributed by atoms with Gasteiger partial charge in [-0.25, -0.2) is 9.97 Å². The van der Waals surface area contributed by atoms with Gasteiger partial charge in [-0.3, -0.25) is 0 Å². The first-order valence-electron chi connectivity index (χ1n) is 15.7. The van der Waals surface area contributed by atoms with Gasteiger partial charge in [0.05, 0.1) is 23.7 Å². The summed E-state index contributed by atoms with van der Waals surface area (Å²) in [6.45, 7) is 15.9. The van der Waals surface area contributed by atoms with Gasteiger partial charge < -0.3 is 14.1 Å². The van der Waals surface area contributed by atoms with Crippen LogP contribution in [0.3, 0.4) is 0 Å². The third kappa shape index (κ3) is 6.00. The molecule has 0 aliphatic rings. The second kappa shape index (κ2) is 13.0. The standard InChI is InChI=1S/C37H43BrClN3O2Si/c1-9-26-17-28(13-15-33(26)38)37(43,35-21-40-22-42(35)8)29-14-16-34-32(19-29)31(20-36(39)41-34)27-11-10-12-30(18-27)44-45(23(2)3,24(4)5)25(6)7/h10-25,43H,9H2,1-8H3. The van der Waals surface area contributed by atoms with Gasteiger partial charge in [0.15, 0.2) is 5.60 Å². The molecule has 236 valence electrons. The highest BCUT2D eigenvalue weighted by Crippen LogP contribution is 2.44. The molecular formula is C37H43BrClN3O2Si. The Hall–Kier alpha value is -2.97. The summed E-state index contributed by atoms with van der Waals surface area (Å²) in [6.07, 6.45) is 4.27. The zero-order chi connectivity index (χ0) is 32.7. The van der Waals surface area contributed by atoms with Gasteiger partial charge in [0, 0.05) is 16.9 Å². The average Bonchev–Trinajstić information content (AvgIpc) is 3.44. The van der Waals surface area contributed by atoms with Crippen LogP contribution in [0.15, 0.2) is 83.7 Å². The molecule has 0 bridgehead atoms. The first kappa shape index (κ1) is 33.4. The molecule has 0 aliphatic carbocycles. The lowest BCUT2D eigenvalue weighted by molar-refractivity contribution is 0.117. The molecule has 1 unspecified atom stereocenters. The molecule has 0 saturated heterocycles. The van der Waals surface area contributed by atoms with Crippen LogP contribution in [0.2, 0.25) is 21.8 Å². The highest BCUT2D eigenvalue weighted by molar-refractivity contribution is 9.10. The van der Waals surface area contributed by atoms with E-state index in [1.165, 1.54) is 0 Å². The number of aryl methyl sites for hydroxylation is 2. The summed E-state index contributed by atoms with van der Waals surface area (Å²) in [5, 5.41) is 14.1. The monoisotopic (exact) mass is 703 g/mol. The zero-order valence-corrected chi connectivity index (χ0v) is 30.7. The van der Waals surface area contributed by atoms with E-state index in [1.807, 2.05) is 48.0 Å². The van der Waals surface area contributed by atoms with E-state index >= 15 is 0 Å². The van der Waals surface area contributed by atoms with Gasteiger partial charge in [0.2, 0.25) is 0 Å². The summed E-state index contributed by atoms with van der Waals surface area (Å²) >= 11 is 10.3. The van der Waals surface area contributed by atoms with E-state index in [1.54, 1.807) is 12.5 Å². The molecule has 0 aliphatic heterocycles. The third-order valence-electron chi connectivity index (χ3n) is 9.37. The number of pyridine rings is 1. The molecule has 1 N–H and O–H groups in total. The van der Waals surface area contributed by atoms with Crippen molar-refractivity contribution in [3.05, 3.63) is 111 Å². The highest BCUT2D eigenvalue weighted by Gasteiger charge is 2.47. The Labute approximate surface area is 281 Å². The van der Waals surface area contributed by atoms with Crippen molar-refractivity contribution in [2.24, 2.45) is 7.05 Å². The second-order valence-corrected chi connectivity index (χ2v) is 19.5. The Kier molecular flexibility index (Phi) is 9.67. The van der Waals surface area contributed by atoms with Crippen molar-refractivity contribution in [2.45, 2.75) is 77.1 Å². The van der Waals surface area contributed by atoms with Crippen LogP contribution < -0.4 is 4.43 Å². The molecule has 2 heterocycles. The fraction of sp³-hybridized carbons (Fsp3) is 0.351. The first-order chi connectivity index (χ1) is 21.3. The Morgan fingerprint density at radius 3 is 2.22 bits per heavy atom. The fourth-order valence-corrected chi connectivity index (χ4v) is 13.2. The van der Waals surface area contributed by atoms with E-state index in [0.29, 0.717) is 33.0 Å². The minimum absolute atomic E-state index is 0.411. The number of hydrogen-bond acceptors (Lipinski definition) is 4. The van der Waals surface area contributed by atoms with Gasteiger partial charge in [-0.15, -0.1) is 0 Å². The van der Waals surface area contributed by atoms with E-state index in [4.69, 9.17) is 16.0 Å². The molecule has 5 nitrogen and oxygen atoms in total. The summed E-state index contributed by atoms with van der Waals surface area (Å²) in [5.74, 6) is 0.876. The maximum Gasteiger partial charge on any atom is 0.258 e. The van der Waals surface area contributed by atoms with Crippen LogP contribution in [0, 0.1) is 0 Å². The summed E-state index contributed by atoms with van der Waals surface area (Å²) in [5.41, 5.74) is 5.83. The lowest BCUT2D eigenvalue weighted by Gasteiger charge is -2.42. The minimum Gasteiger partial charge on any atom is -0.543 e. The summed E-state index contributed by atoms with van der Waals surface area (Å²) in [7, 11) is -0.256. The normalized spacial score (nSPS) is 13.6. The molecule has 0 spiro atoms. The number of hydrogen-bond donors (Lipinski definition) is 1. The first-order valence-corrected chi connectivity index (χ1v) is 19.0. The lowest BCUT2D eigenvalue weighted by Crippen LogP contribution is -2.50. The summed E-state index contributed by atoms with van der Waals surface area (Å²) in [6, 6.07) is 22.2. The predicted octanol–water partition coefficient (Wildman–Crippen LogP) is 10.5. The van der Waals surface area contributed by atoms with Crippen molar-refractivity contribution < 1.29 is 9.53 Å². The van der Waals surface area contributed by atoms with E-state index in [2.05, 4.69) is 105 Å². The van der Waals surface area contributed by atoms with Crippen LogP contribution >= 0.6 is 27.5 Å². The topological polar surface area (TPSA) is 60.2 Å². The Morgan fingerprint density at radius 1 is 0.933 bits per heavy atom. The summed E-state index contributed by atoms with van der Waals surface area (Å²) in [4.78, 5) is 9.03. The molecule has 0 radical (unpaired) electrons. The Morgan fingerprint density at radius 2 is 1.60 bits per heavy atom. The van der Waals surface area contributed by atoms with Crippen LogP contribution in [-0.2, 0) is 19.1 Å². The molecule has 1 atom stereocenters. The predicted molar refractivity (Wildman–Crippen MR) is 193 cm³/mol. The number of aromatic nitrogens is 3. The van der Waals surface area contributed by atoms with Crippen molar-refractivity contribution in [2.75, 3.05) is 0 Å². The number of imidazole rings is 1. The number of halogens is 2. The van der Waals surface area contributed by atoms with Gasteiger partial charge in [-0.05, 0) is 87.3 Å². The number of aliphatic hydroxyl groups is 1. The van der Waals surface area contributed by atoms with Crippen LogP contribution in [0.1, 0.15) is 70.9 Å². The van der Waals surface area contributed by atoms with Crippen LogP contribution in [0.5, 0.6) is 5.75 Å². The molecule has 5 rings (SSSR count). The Balaban J connectivity index is 1.71. The lowest BCUT2D eigenvalue weighted by atomic mass is 9.82. The molecule has 3 aromatic carbocycles. The van der Waals surface area contributed by atoms with Gasteiger partial charge >= 0.3 is 0 Å². The molecule has 8 heteroatoms. The van der Waals surface area contributed by atoms with Crippen LogP contribution in [0.4, 0.5) is 0 Å². The summed E-state index contributed by atoms with van der Waals surface area (Å²) < 4.78 is 9.94. The van der Waals surface area contributed by atoms with E-state index < -0.39 is 13.9 Å². The molecule has 0 saturated carbocycles. The van der Waals surface area contributed by atoms with E-state index in [9.17, 15) is 5.11 Å². The van der Waals surface area contributed by atoms with Crippen molar-refractivity contribution in [3.63, 3.8) is 0 Å². The molecule has 0 amide bonds. The van der Waals surface area contributed by atoms with Crippen LogP contribution in [0.25, 0.3) is 22.0 Å². The molecule has 45 heavy (non-hydrogen) atoms. The SMILES string of the molecule is CCc1cc(C(O)(c2ccc3nc(Cl)cc(-c4cccc(O[Si](C(C)C)(C(C)C)C(C)C)c4)c3c2)c2cncn2C)ccc1Br. The zero-order valence-electron chi connectivity index (χ0n) is 27.4. The van der Waals surface area contributed by atoms with Crippen LogP contribution in [-0.4, -0.2) is 28.0 Å². The van der Waals surface area contributed by atoms with Gasteiger partial charge in [-0.1, -0.05) is 106 Å². The maximum atomic E-state index is 12.8. The highest BCUT2D eigenvalue weighted by atomic mass is 79.9. The van der Waals surface area contributed by atoms with Crippen molar-refractivity contribution in [3.8, 4) is 16.9 Å². The number of nitrogens with zero attached hydrogens (tertiary/aromatic N) is 3. The Bertz CT molecular complexity index is 1810. The molecule has 2 aromatic heterocycles. The van der Waals surface area contributed by atoms with Gasteiger partial charge in [-0.2, -0.15) is 0 Å². The second-order valence-electron chi connectivity index (χ2n) is 12.9. The van der Waals surface area contributed by atoms with Crippen molar-refractivity contribution in [1.29, 1.82) is 0 Å². The average molecular weight is 705 g/mol.